The molecule has 9 nitrogen and oxygen atoms in total. The van der Waals surface area contributed by atoms with E-state index in [4.69, 9.17) is 20.4 Å². The third-order valence-electron chi connectivity index (χ3n) is 6.99. The maximum atomic E-state index is 11.4. The van der Waals surface area contributed by atoms with Crippen LogP contribution in [-0.2, 0) is 11.2 Å². The van der Waals surface area contributed by atoms with E-state index < -0.39 is 5.91 Å². The summed E-state index contributed by atoms with van der Waals surface area (Å²) >= 11 is 0. The average Bonchev–Trinajstić information content (AvgIpc) is 3.23. The Balaban J connectivity index is 1.39. The second-order valence-electron chi connectivity index (χ2n) is 9.30. The number of primary amides is 1. The third-order valence-corrected chi connectivity index (χ3v) is 6.99. The Kier molecular flexibility index (Phi) is 6.65. The number of hydrogen-bond donors (Lipinski definition) is 1. The molecule has 3 aromatic heterocycles. The molecule has 186 valence electrons. The molecule has 5 rings (SSSR count). The molecule has 1 saturated heterocycles. The highest BCUT2D eigenvalue weighted by Crippen LogP contribution is 2.27. The minimum Gasteiger partial charge on any atom is -0.381 e. The van der Waals surface area contributed by atoms with Gasteiger partial charge in [0.15, 0.2) is 0 Å². The second-order valence-corrected chi connectivity index (χ2v) is 9.30. The van der Waals surface area contributed by atoms with Gasteiger partial charge < -0.3 is 19.9 Å². The summed E-state index contributed by atoms with van der Waals surface area (Å²) in [5, 5.41) is 0. The maximum Gasteiger partial charge on any atom is 0.248 e. The van der Waals surface area contributed by atoms with Gasteiger partial charge in [-0.2, -0.15) is 0 Å². The smallest absolute Gasteiger partial charge is 0.248 e. The second kappa shape index (κ2) is 10.0. The molecular formula is C27H31N7O2. The molecule has 0 saturated carbocycles. The number of methoxy groups -OCH3 is 1. The van der Waals surface area contributed by atoms with Crippen molar-refractivity contribution in [2.24, 2.45) is 5.73 Å². The zero-order chi connectivity index (χ0) is 25.2. The number of aryl methyl sites for hydroxylation is 1. The van der Waals surface area contributed by atoms with Crippen molar-refractivity contribution in [3.63, 3.8) is 0 Å². The van der Waals surface area contributed by atoms with Crippen molar-refractivity contribution in [2.45, 2.75) is 45.3 Å². The maximum absolute atomic E-state index is 11.4. The van der Waals surface area contributed by atoms with Crippen LogP contribution in [0, 0.1) is 6.92 Å². The summed E-state index contributed by atoms with van der Waals surface area (Å²) in [5.41, 5.74) is 10.7. The van der Waals surface area contributed by atoms with Crippen molar-refractivity contribution in [2.75, 3.05) is 25.1 Å². The van der Waals surface area contributed by atoms with Crippen molar-refractivity contribution in [1.82, 2.24) is 24.5 Å². The van der Waals surface area contributed by atoms with E-state index in [1.54, 1.807) is 19.2 Å². The number of amides is 1. The minimum absolute atomic E-state index is 0.0212. The number of aromatic nitrogens is 5. The Morgan fingerprint density at radius 1 is 1.11 bits per heavy atom. The zero-order valence-corrected chi connectivity index (χ0v) is 20.9. The fourth-order valence-corrected chi connectivity index (χ4v) is 4.93. The third kappa shape index (κ3) is 4.79. The molecule has 1 amide bonds. The van der Waals surface area contributed by atoms with Crippen molar-refractivity contribution in [1.29, 1.82) is 0 Å². The van der Waals surface area contributed by atoms with Gasteiger partial charge in [0.1, 0.15) is 11.3 Å². The van der Waals surface area contributed by atoms with Gasteiger partial charge in [-0.3, -0.25) is 9.78 Å². The Bertz CT molecular complexity index is 1370. The number of hydrogen-bond acceptors (Lipinski definition) is 7. The number of pyridine rings is 1. The van der Waals surface area contributed by atoms with E-state index in [0.29, 0.717) is 18.1 Å². The number of piperidine rings is 1. The molecule has 1 aliphatic rings. The number of carbonyl (C=O) groups is 1. The number of fused-ring (bicyclic) bond motifs is 1. The predicted octanol–water partition coefficient (Wildman–Crippen LogP) is 3.44. The molecule has 0 bridgehead atoms. The lowest BCUT2D eigenvalue weighted by atomic mass is 10.1. The fraction of sp³-hybridized carbons (Fsp3) is 0.370. The highest BCUT2D eigenvalue weighted by atomic mass is 16.5. The van der Waals surface area contributed by atoms with Crippen LogP contribution in [0.5, 0.6) is 0 Å². The number of ether oxygens (including phenoxy) is 1. The largest absolute Gasteiger partial charge is 0.381 e. The van der Waals surface area contributed by atoms with E-state index in [2.05, 4.69) is 32.4 Å². The molecule has 0 radical (unpaired) electrons. The van der Waals surface area contributed by atoms with Crippen LogP contribution in [0.25, 0.3) is 11.0 Å². The number of imidazole rings is 1. The Labute approximate surface area is 210 Å². The van der Waals surface area contributed by atoms with Gasteiger partial charge in [0, 0.05) is 44.1 Å². The number of rotatable bonds is 7. The fourth-order valence-electron chi connectivity index (χ4n) is 4.93. The van der Waals surface area contributed by atoms with Gasteiger partial charge in [0.2, 0.25) is 11.9 Å². The summed E-state index contributed by atoms with van der Waals surface area (Å²) in [4.78, 5) is 32.4. The van der Waals surface area contributed by atoms with Crippen LogP contribution >= 0.6 is 0 Å². The summed E-state index contributed by atoms with van der Waals surface area (Å²) in [5.74, 6) is 1.23. The summed E-state index contributed by atoms with van der Waals surface area (Å²) in [6.07, 6.45) is 6.53. The van der Waals surface area contributed by atoms with E-state index in [-0.39, 0.29) is 6.04 Å². The molecule has 1 atom stereocenters. The van der Waals surface area contributed by atoms with Gasteiger partial charge in [0.05, 0.1) is 29.6 Å². The number of anilines is 1. The first-order chi connectivity index (χ1) is 17.4. The first kappa shape index (κ1) is 23.9. The van der Waals surface area contributed by atoms with Crippen molar-refractivity contribution < 1.29 is 9.53 Å². The molecule has 4 aromatic rings. The van der Waals surface area contributed by atoms with Crippen LogP contribution in [0.2, 0.25) is 0 Å². The van der Waals surface area contributed by atoms with Gasteiger partial charge in [-0.05, 0) is 56.5 Å². The van der Waals surface area contributed by atoms with Crippen molar-refractivity contribution in [3.8, 4) is 0 Å². The zero-order valence-electron chi connectivity index (χ0n) is 20.9. The molecule has 2 N–H and O–H groups in total. The Morgan fingerprint density at radius 2 is 1.86 bits per heavy atom. The summed E-state index contributed by atoms with van der Waals surface area (Å²) in [6, 6.07) is 11.5. The highest BCUT2D eigenvalue weighted by molar-refractivity contribution is 5.92. The Hall–Kier alpha value is -3.85. The monoisotopic (exact) mass is 485 g/mol. The molecule has 0 aliphatic carbocycles. The highest BCUT2D eigenvalue weighted by Gasteiger charge is 2.21. The molecule has 0 spiro atoms. The first-order valence-corrected chi connectivity index (χ1v) is 12.3. The van der Waals surface area contributed by atoms with Gasteiger partial charge in [0.25, 0.3) is 0 Å². The molecular weight excluding hydrogens is 454 g/mol. The topological polar surface area (TPSA) is 112 Å². The van der Waals surface area contributed by atoms with Crippen LogP contribution in [0.15, 0.2) is 48.8 Å². The molecule has 1 aromatic carbocycles. The van der Waals surface area contributed by atoms with Crippen molar-refractivity contribution >= 4 is 22.9 Å². The molecule has 1 fully saturated rings. The molecule has 1 aliphatic heterocycles. The lowest BCUT2D eigenvalue weighted by Crippen LogP contribution is -2.37. The van der Waals surface area contributed by atoms with E-state index >= 15 is 0 Å². The number of benzene rings is 1. The van der Waals surface area contributed by atoms with Gasteiger partial charge in [-0.15, -0.1) is 0 Å². The number of carbonyl (C=O) groups excluding carboxylic acids is 1. The van der Waals surface area contributed by atoms with E-state index in [9.17, 15) is 4.79 Å². The van der Waals surface area contributed by atoms with Crippen LogP contribution in [-0.4, -0.2) is 56.7 Å². The van der Waals surface area contributed by atoms with Crippen LogP contribution in [0.1, 0.15) is 58.9 Å². The Morgan fingerprint density at radius 3 is 2.56 bits per heavy atom. The van der Waals surface area contributed by atoms with Crippen LogP contribution in [0.3, 0.4) is 0 Å². The van der Waals surface area contributed by atoms with Crippen LogP contribution < -0.4 is 10.6 Å². The van der Waals surface area contributed by atoms with Gasteiger partial charge in [-0.1, -0.05) is 12.1 Å². The van der Waals surface area contributed by atoms with Gasteiger partial charge in [-0.25, -0.2) is 15.0 Å². The molecule has 9 heteroatoms. The predicted molar refractivity (Wildman–Crippen MR) is 138 cm³/mol. The van der Waals surface area contributed by atoms with E-state index in [1.807, 2.05) is 37.5 Å². The van der Waals surface area contributed by atoms with E-state index in [0.717, 1.165) is 65.7 Å². The lowest BCUT2D eigenvalue weighted by Gasteiger charge is -2.31. The summed E-state index contributed by atoms with van der Waals surface area (Å²) < 4.78 is 7.68. The number of nitrogens with two attached hydrogens (primary N) is 1. The molecule has 36 heavy (non-hydrogen) atoms. The standard InChI is InChI=1S/C27H31N7O2/c1-17(19-4-6-20(7-5-19)26(28)35)34-18(2)31-24-16-30-22(15-25(24)34)14-21-8-11-29-27(32-21)33-12-9-23(36-3)10-13-33/h4-8,11,15-17,23H,9-10,12-14H2,1-3H3,(H2,28,35). The average molecular weight is 486 g/mol. The SMILES string of the molecule is COC1CCN(c2nccc(Cc3cc4c(cn3)nc(C)n4C(C)c3ccc(C(N)=O)cc3)n2)CC1. The summed E-state index contributed by atoms with van der Waals surface area (Å²) in [7, 11) is 1.77. The quantitative estimate of drug-likeness (QED) is 0.427. The molecule has 4 heterocycles. The lowest BCUT2D eigenvalue weighted by molar-refractivity contribution is 0.0816. The molecule has 1 unspecified atom stereocenters. The first-order valence-electron chi connectivity index (χ1n) is 12.3. The minimum atomic E-state index is -0.429. The number of nitrogens with zero attached hydrogens (tertiary/aromatic N) is 6. The van der Waals surface area contributed by atoms with E-state index in [1.165, 1.54) is 0 Å². The van der Waals surface area contributed by atoms with Gasteiger partial charge >= 0.3 is 0 Å². The normalized spacial score (nSPS) is 15.4. The van der Waals surface area contributed by atoms with Crippen molar-refractivity contribution in [3.05, 3.63) is 77.1 Å². The van der Waals surface area contributed by atoms with Crippen LogP contribution in [0.4, 0.5) is 5.95 Å². The summed E-state index contributed by atoms with van der Waals surface area (Å²) in [6.45, 7) is 5.90.